The standard InChI is InChI=1S/C7H15NO2S/c1-6(2)7-8-4-3-5-11(7,9)10/h6-8H,3-5H2,1-2H3. The summed E-state index contributed by atoms with van der Waals surface area (Å²) in [5.74, 6) is 0.531. The van der Waals surface area contributed by atoms with Crippen molar-refractivity contribution in [2.24, 2.45) is 5.92 Å². The van der Waals surface area contributed by atoms with Gasteiger partial charge >= 0.3 is 0 Å². The average molecular weight is 177 g/mol. The lowest BCUT2D eigenvalue weighted by molar-refractivity contribution is 0.452. The lowest BCUT2D eigenvalue weighted by Crippen LogP contribution is -2.46. The third kappa shape index (κ3) is 1.93. The highest BCUT2D eigenvalue weighted by molar-refractivity contribution is 7.92. The molecule has 1 fully saturated rings. The fraction of sp³-hybridized carbons (Fsp3) is 1.00. The largest absolute Gasteiger partial charge is 0.301 e. The predicted octanol–water partition coefficient (Wildman–Crippen LogP) is 0.377. The Morgan fingerprint density at radius 1 is 1.45 bits per heavy atom. The summed E-state index contributed by atoms with van der Waals surface area (Å²) in [5, 5.41) is 2.71. The van der Waals surface area contributed by atoms with Crippen LogP contribution in [0.5, 0.6) is 0 Å². The second kappa shape index (κ2) is 3.11. The van der Waals surface area contributed by atoms with E-state index in [0.717, 1.165) is 13.0 Å². The first-order valence-corrected chi connectivity index (χ1v) is 5.70. The lowest BCUT2D eigenvalue weighted by atomic mass is 10.2. The minimum Gasteiger partial charge on any atom is -0.301 e. The fourth-order valence-electron chi connectivity index (χ4n) is 1.42. The first-order chi connectivity index (χ1) is 5.04. The summed E-state index contributed by atoms with van der Waals surface area (Å²) >= 11 is 0. The van der Waals surface area contributed by atoms with Gasteiger partial charge in [0.05, 0.1) is 5.75 Å². The Bertz CT molecular complexity index is 221. The zero-order chi connectivity index (χ0) is 8.48. The summed E-state index contributed by atoms with van der Waals surface area (Å²) in [4.78, 5) is 0. The molecule has 0 aromatic carbocycles. The molecule has 0 amide bonds. The van der Waals surface area contributed by atoms with Gasteiger partial charge in [-0.2, -0.15) is 0 Å². The van der Waals surface area contributed by atoms with Gasteiger partial charge in [0.1, 0.15) is 5.37 Å². The highest BCUT2D eigenvalue weighted by Crippen LogP contribution is 2.14. The van der Waals surface area contributed by atoms with Gasteiger partial charge in [-0.3, -0.25) is 0 Å². The van der Waals surface area contributed by atoms with Crippen LogP contribution in [0.3, 0.4) is 0 Å². The molecular weight excluding hydrogens is 162 g/mol. The van der Waals surface area contributed by atoms with Gasteiger partial charge in [-0.1, -0.05) is 13.8 Å². The summed E-state index contributed by atoms with van der Waals surface area (Å²) in [6, 6.07) is 0. The fourth-order valence-corrected chi connectivity index (χ4v) is 3.42. The van der Waals surface area contributed by atoms with E-state index in [0.29, 0.717) is 5.75 Å². The number of nitrogens with one attached hydrogen (secondary N) is 1. The van der Waals surface area contributed by atoms with Crippen molar-refractivity contribution in [3.8, 4) is 0 Å². The molecule has 3 nitrogen and oxygen atoms in total. The molecule has 1 saturated heterocycles. The Morgan fingerprint density at radius 2 is 2.09 bits per heavy atom. The van der Waals surface area contributed by atoms with E-state index >= 15 is 0 Å². The van der Waals surface area contributed by atoms with E-state index in [9.17, 15) is 8.42 Å². The summed E-state index contributed by atoms with van der Waals surface area (Å²) in [6.45, 7) is 4.70. The molecule has 0 aromatic heterocycles. The van der Waals surface area contributed by atoms with E-state index < -0.39 is 9.84 Å². The summed E-state index contributed by atoms with van der Waals surface area (Å²) in [6.07, 6.45) is 0.756. The summed E-state index contributed by atoms with van der Waals surface area (Å²) in [7, 11) is -2.83. The maximum absolute atomic E-state index is 11.4. The normalized spacial score (nSPS) is 30.6. The van der Waals surface area contributed by atoms with Crippen LogP contribution in [0.1, 0.15) is 20.3 Å². The van der Waals surface area contributed by atoms with E-state index in [4.69, 9.17) is 0 Å². The van der Waals surface area contributed by atoms with Gasteiger partial charge in [0.2, 0.25) is 0 Å². The Morgan fingerprint density at radius 3 is 2.45 bits per heavy atom. The molecule has 11 heavy (non-hydrogen) atoms. The van der Waals surface area contributed by atoms with Crippen LogP contribution in [0, 0.1) is 5.92 Å². The number of rotatable bonds is 1. The van der Waals surface area contributed by atoms with Crippen molar-refractivity contribution in [1.82, 2.24) is 5.32 Å². The van der Waals surface area contributed by atoms with E-state index in [2.05, 4.69) is 5.32 Å². The average Bonchev–Trinajstić information content (AvgIpc) is 1.85. The van der Waals surface area contributed by atoms with E-state index in [1.807, 2.05) is 13.8 Å². The Hall–Kier alpha value is -0.0900. The van der Waals surface area contributed by atoms with Gasteiger partial charge in [-0.25, -0.2) is 8.42 Å². The van der Waals surface area contributed by atoms with Crippen molar-refractivity contribution in [2.45, 2.75) is 25.6 Å². The number of hydrogen-bond acceptors (Lipinski definition) is 3. The Balaban J connectivity index is 2.76. The van der Waals surface area contributed by atoms with Crippen LogP contribution in [0.15, 0.2) is 0 Å². The topological polar surface area (TPSA) is 46.2 Å². The summed E-state index contributed by atoms with van der Waals surface area (Å²) in [5.41, 5.74) is 0. The molecule has 1 N–H and O–H groups in total. The van der Waals surface area contributed by atoms with Crippen LogP contribution in [0.4, 0.5) is 0 Å². The van der Waals surface area contributed by atoms with Gasteiger partial charge < -0.3 is 5.32 Å². The number of sulfone groups is 1. The van der Waals surface area contributed by atoms with Gasteiger partial charge in [0.15, 0.2) is 9.84 Å². The monoisotopic (exact) mass is 177 g/mol. The van der Waals surface area contributed by atoms with E-state index in [-0.39, 0.29) is 11.3 Å². The quantitative estimate of drug-likeness (QED) is 0.629. The second-order valence-electron chi connectivity index (χ2n) is 3.34. The highest BCUT2D eigenvalue weighted by Gasteiger charge is 2.30. The van der Waals surface area contributed by atoms with Crippen LogP contribution < -0.4 is 5.32 Å². The maximum atomic E-state index is 11.4. The van der Waals surface area contributed by atoms with E-state index in [1.165, 1.54) is 0 Å². The van der Waals surface area contributed by atoms with Crippen molar-refractivity contribution < 1.29 is 8.42 Å². The Labute approximate surface area is 68.1 Å². The SMILES string of the molecule is CC(C)C1NCCCS1(=O)=O. The lowest BCUT2D eigenvalue weighted by Gasteiger charge is -2.26. The van der Waals surface area contributed by atoms with Crippen molar-refractivity contribution in [3.05, 3.63) is 0 Å². The molecule has 1 aliphatic heterocycles. The number of hydrogen-bond donors (Lipinski definition) is 1. The van der Waals surface area contributed by atoms with Gasteiger partial charge in [0, 0.05) is 0 Å². The molecule has 0 bridgehead atoms. The third-order valence-electron chi connectivity index (χ3n) is 1.94. The van der Waals surface area contributed by atoms with Crippen LogP contribution in [-0.2, 0) is 9.84 Å². The van der Waals surface area contributed by atoms with Crippen LogP contribution >= 0.6 is 0 Å². The molecule has 0 saturated carbocycles. The molecular formula is C7H15NO2S. The van der Waals surface area contributed by atoms with Crippen LogP contribution in [-0.4, -0.2) is 26.1 Å². The molecule has 4 heteroatoms. The molecule has 1 aliphatic rings. The van der Waals surface area contributed by atoms with Crippen LogP contribution in [0.25, 0.3) is 0 Å². The minimum atomic E-state index is -2.83. The molecule has 1 atom stereocenters. The molecule has 1 rings (SSSR count). The zero-order valence-corrected chi connectivity index (χ0v) is 7.82. The first kappa shape index (κ1) is 9.00. The third-order valence-corrected chi connectivity index (χ3v) is 4.29. The minimum absolute atomic E-state index is 0.181. The van der Waals surface area contributed by atoms with Crippen molar-refractivity contribution in [1.29, 1.82) is 0 Å². The molecule has 0 spiro atoms. The maximum Gasteiger partial charge on any atom is 0.166 e. The van der Waals surface area contributed by atoms with Crippen molar-refractivity contribution >= 4 is 9.84 Å². The molecule has 1 heterocycles. The van der Waals surface area contributed by atoms with Gasteiger partial charge in [0.25, 0.3) is 0 Å². The first-order valence-electron chi connectivity index (χ1n) is 3.99. The summed E-state index contributed by atoms with van der Waals surface area (Å²) < 4.78 is 22.7. The van der Waals surface area contributed by atoms with Crippen molar-refractivity contribution in [2.75, 3.05) is 12.3 Å². The molecule has 66 valence electrons. The van der Waals surface area contributed by atoms with Gasteiger partial charge in [-0.15, -0.1) is 0 Å². The smallest absolute Gasteiger partial charge is 0.166 e. The molecule has 0 radical (unpaired) electrons. The van der Waals surface area contributed by atoms with Crippen molar-refractivity contribution in [3.63, 3.8) is 0 Å². The zero-order valence-electron chi connectivity index (χ0n) is 7.00. The Kier molecular flexibility index (Phi) is 2.54. The highest BCUT2D eigenvalue weighted by atomic mass is 32.2. The van der Waals surface area contributed by atoms with E-state index in [1.54, 1.807) is 0 Å². The molecule has 0 aliphatic carbocycles. The second-order valence-corrected chi connectivity index (χ2v) is 5.58. The van der Waals surface area contributed by atoms with Gasteiger partial charge in [-0.05, 0) is 18.9 Å². The predicted molar refractivity (Wildman–Crippen MR) is 45.0 cm³/mol. The molecule has 0 aromatic rings. The molecule has 1 unspecified atom stereocenters. The van der Waals surface area contributed by atoms with Crippen LogP contribution in [0.2, 0.25) is 0 Å².